The lowest BCUT2D eigenvalue weighted by atomic mass is 10.2. The average molecular weight is 368 g/mol. The first-order valence-electron chi connectivity index (χ1n) is 8.81. The summed E-state index contributed by atoms with van der Waals surface area (Å²) in [7, 11) is 3.83. The van der Waals surface area contributed by atoms with E-state index in [1.54, 1.807) is 6.20 Å². The van der Waals surface area contributed by atoms with Gasteiger partial charge in [-0.05, 0) is 30.3 Å². The normalized spacial score (nSPS) is 13.7. The maximum atomic E-state index is 12.2. The molecule has 0 saturated carbocycles. The number of benzene rings is 1. The van der Waals surface area contributed by atoms with Gasteiger partial charge in [-0.3, -0.25) is 4.79 Å². The third-order valence-corrected chi connectivity index (χ3v) is 4.26. The monoisotopic (exact) mass is 368 g/mol. The van der Waals surface area contributed by atoms with Crippen LogP contribution in [0.25, 0.3) is 0 Å². The second-order valence-electron chi connectivity index (χ2n) is 6.51. The molecule has 0 spiro atoms. The van der Waals surface area contributed by atoms with Crippen molar-refractivity contribution in [2.45, 2.75) is 6.54 Å². The Balaban J connectivity index is 1.54. The summed E-state index contributed by atoms with van der Waals surface area (Å²) in [4.78, 5) is 31.9. The Morgan fingerprint density at radius 3 is 2.74 bits per heavy atom. The Kier molecular flexibility index (Phi) is 5.75. The van der Waals surface area contributed by atoms with E-state index >= 15 is 0 Å². The fraction of sp³-hybridized carbons (Fsp3) is 0.316. The molecule has 1 aromatic heterocycles. The first kappa shape index (κ1) is 18.5. The van der Waals surface area contributed by atoms with Crippen LogP contribution in [0.4, 0.5) is 22.0 Å². The Morgan fingerprint density at radius 2 is 2.04 bits per heavy atom. The van der Waals surface area contributed by atoms with E-state index in [0.717, 1.165) is 23.6 Å². The first-order chi connectivity index (χ1) is 13.0. The second-order valence-corrected chi connectivity index (χ2v) is 6.51. The fourth-order valence-electron chi connectivity index (χ4n) is 2.94. The number of pyridine rings is 1. The summed E-state index contributed by atoms with van der Waals surface area (Å²) in [5, 5.41) is 8.47. The van der Waals surface area contributed by atoms with Crippen molar-refractivity contribution in [3.63, 3.8) is 0 Å². The van der Waals surface area contributed by atoms with E-state index in [4.69, 9.17) is 0 Å². The zero-order valence-electron chi connectivity index (χ0n) is 15.5. The molecule has 2 heterocycles. The van der Waals surface area contributed by atoms with Gasteiger partial charge in [-0.15, -0.1) is 0 Å². The highest BCUT2D eigenvalue weighted by molar-refractivity contribution is 5.89. The van der Waals surface area contributed by atoms with Crippen LogP contribution in [0.3, 0.4) is 0 Å². The second kappa shape index (κ2) is 8.39. The van der Waals surface area contributed by atoms with Gasteiger partial charge in [0.1, 0.15) is 5.82 Å². The number of aromatic nitrogens is 1. The molecule has 0 bridgehead atoms. The van der Waals surface area contributed by atoms with E-state index in [1.165, 1.54) is 0 Å². The summed E-state index contributed by atoms with van der Waals surface area (Å²) in [6, 6.07) is 11.0. The maximum Gasteiger partial charge on any atom is 0.319 e. The fourth-order valence-corrected chi connectivity index (χ4v) is 2.94. The molecule has 142 valence electrons. The van der Waals surface area contributed by atoms with Gasteiger partial charge in [0.2, 0.25) is 5.91 Å². The molecule has 8 heteroatoms. The molecule has 1 aromatic carbocycles. The smallest absolute Gasteiger partial charge is 0.319 e. The average Bonchev–Trinajstić information content (AvgIpc) is 2.67. The maximum absolute atomic E-state index is 12.2. The number of nitrogens with zero attached hydrogens (tertiary/aromatic N) is 3. The molecule has 1 fully saturated rings. The van der Waals surface area contributed by atoms with Gasteiger partial charge in [0.05, 0.1) is 6.54 Å². The molecular formula is C19H24N6O2. The van der Waals surface area contributed by atoms with E-state index in [-0.39, 0.29) is 11.9 Å². The van der Waals surface area contributed by atoms with Gasteiger partial charge in [-0.2, -0.15) is 0 Å². The zero-order chi connectivity index (χ0) is 19.2. The molecular weight excluding hydrogens is 344 g/mol. The van der Waals surface area contributed by atoms with Crippen LogP contribution in [0.15, 0.2) is 42.6 Å². The standard InChI is InChI=1S/C19H24N6O2/c1-24(2)18-14(4-3-9-21-18)12-22-19(27)23-15-5-7-16(8-6-15)25-11-10-20-17(26)13-25/h3-9H,10-13H2,1-2H3,(H,20,26)(H2,22,23,27). The van der Waals surface area contributed by atoms with Crippen molar-refractivity contribution in [2.24, 2.45) is 0 Å². The Morgan fingerprint density at radius 1 is 1.26 bits per heavy atom. The number of carbonyl (C=O) groups excluding carboxylic acids is 2. The topological polar surface area (TPSA) is 89.6 Å². The van der Waals surface area contributed by atoms with Gasteiger partial charge in [0.25, 0.3) is 0 Å². The number of hydrogen-bond acceptors (Lipinski definition) is 5. The van der Waals surface area contributed by atoms with Crippen molar-refractivity contribution in [1.82, 2.24) is 15.6 Å². The molecule has 3 amide bonds. The van der Waals surface area contributed by atoms with Gasteiger partial charge < -0.3 is 25.8 Å². The van der Waals surface area contributed by atoms with E-state index in [9.17, 15) is 9.59 Å². The van der Waals surface area contributed by atoms with E-state index in [0.29, 0.717) is 25.3 Å². The van der Waals surface area contributed by atoms with Gasteiger partial charge >= 0.3 is 6.03 Å². The minimum absolute atomic E-state index is 0.0234. The zero-order valence-corrected chi connectivity index (χ0v) is 15.5. The number of piperazine rings is 1. The van der Waals surface area contributed by atoms with Crippen LogP contribution in [0.2, 0.25) is 0 Å². The van der Waals surface area contributed by atoms with Crippen LogP contribution < -0.4 is 25.8 Å². The van der Waals surface area contributed by atoms with Crippen LogP contribution >= 0.6 is 0 Å². The molecule has 0 radical (unpaired) electrons. The van der Waals surface area contributed by atoms with Gasteiger partial charge in [-0.25, -0.2) is 9.78 Å². The summed E-state index contributed by atoms with van der Waals surface area (Å²) in [6.45, 7) is 2.16. The lowest BCUT2D eigenvalue weighted by molar-refractivity contribution is -0.120. The number of carbonyl (C=O) groups is 2. The lowest BCUT2D eigenvalue weighted by Crippen LogP contribution is -2.47. The molecule has 3 rings (SSSR count). The quantitative estimate of drug-likeness (QED) is 0.742. The van der Waals surface area contributed by atoms with Crippen LogP contribution in [-0.2, 0) is 11.3 Å². The van der Waals surface area contributed by atoms with Gasteiger partial charge in [0.15, 0.2) is 0 Å². The summed E-state index contributed by atoms with van der Waals surface area (Å²) >= 11 is 0. The van der Waals surface area contributed by atoms with Crippen molar-refractivity contribution in [3.05, 3.63) is 48.2 Å². The highest BCUT2D eigenvalue weighted by Gasteiger charge is 2.16. The number of amides is 3. The largest absolute Gasteiger partial charge is 0.362 e. The number of anilines is 3. The summed E-state index contributed by atoms with van der Waals surface area (Å²) in [6.07, 6.45) is 1.73. The van der Waals surface area contributed by atoms with Gasteiger partial charge in [-0.1, -0.05) is 6.07 Å². The SMILES string of the molecule is CN(C)c1ncccc1CNC(=O)Nc1ccc(N2CCNC(=O)C2)cc1. The molecule has 1 aliphatic rings. The van der Waals surface area contributed by atoms with Crippen molar-refractivity contribution in [3.8, 4) is 0 Å². The molecule has 8 nitrogen and oxygen atoms in total. The molecule has 1 aliphatic heterocycles. The van der Waals surface area contributed by atoms with E-state index in [2.05, 4.69) is 20.9 Å². The van der Waals surface area contributed by atoms with Crippen molar-refractivity contribution in [1.29, 1.82) is 0 Å². The lowest BCUT2D eigenvalue weighted by Gasteiger charge is -2.28. The minimum atomic E-state index is -0.284. The van der Waals surface area contributed by atoms with Crippen LogP contribution in [0.5, 0.6) is 0 Å². The molecule has 0 atom stereocenters. The van der Waals surface area contributed by atoms with Crippen molar-refractivity contribution >= 4 is 29.1 Å². The van der Waals surface area contributed by atoms with Crippen LogP contribution in [0.1, 0.15) is 5.56 Å². The molecule has 3 N–H and O–H groups in total. The summed E-state index contributed by atoms with van der Waals surface area (Å²) in [5.74, 6) is 0.850. The molecule has 2 aromatic rings. The molecule has 1 saturated heterocycles. The molecule has 0 unspecified atom stereocenters. The van der Waals surface area contributed by atoms with E-state index in [1.807, 2.05) is 60.3 Å². The third-order valence-electron chi connectivity index (χ3n) is 4.26. The number of urea groups is 1. The Hall–Kier alpha value is -3.29. The first-order valence-corrected chi connectivity index (χ1v) is 8.81. The Bertz CT molecular complexity index is 806. The summed E-state index contributed by atoms with van der Waals surface area (Å²) < 4.78 is 0. The molecule has 0 aliphatic carbocycles. The predicted octanol–water partition coefficient (Wildman–Crippen LogP) is 1.41. The predicted molar refractivity (Wildman–Crippen MR) is 106 cm³/mol. The number of hydrogen-bond donors (Lipinski definition) is 3. The molecule has 27 heavy (non-hydrogen) atoms. The van der Waals surface area contributed by atoms with Crippen molar-refractivity contribution < 1.29 is 9.59 Å². The highest BCUT2D eigenvalue weighted by Crippen LogP contribution is 2.19. The van der Waals surface area contributed by atoms with Crippen LogP contribution in [0, 0.1) is 0 Å². The van der Waals surface area contributed by atoms with E-state index < -0.39 is 0 Å². The highest BCUT2D eigenvalue weighted by atomic mass is 16.2. The van der Waals surface area contributed by atoms with Gasteiger partial charge in [0, 0.05) is 56.9 Å². The number of rotatable bonds is 5. The summed E-state index contributed by atoms with van der Waals surface area (Å²) in [5.41, 5.74) is 2.59. The third kappa shape index (κ3) is 4.87. The number of nitrogens with one attached hydrogen (secondary N) is 3. The minimum Gasteiger partial charge on any atom is -0.362 e. The van der Waals surface area contributed by atoms with Crippen LogP contribution in [-0.4, -0.2) is 50.7 Å². The van der Waals surface area contributed by atoms with Crippen molar-refractivity contribution in [2.75, 3.05) is 48.8 Å². The Labute approximate surface area is 158 Å².